The lowest BCUT2D eigenvalue weighted by atomic mass is 10.00. The number of morpholine rings is 1. The van der Waals surface area contributed by atoms with Gasteiger partial charge in [-0.3, -0.25) is 14.2 Å². The van der Waals surface area contributed by atoms with E-state index in [2.05, 4.69) is 4.98 Å². The first kappa shape index (κ1) is 26.3. The van der Waals surface area contributed by atoms with Crippen LogP contribution in [0.3, 0.4) is 0 Å². The molecule has 2 fully saturated rings. The molecule has 9 nitrogen and oxygen atoms in total. The second kappa shape index (κ2) is 9.79. The molecule has 3 atom stereocenters. The van der Waals surface area contributed by atoms with Crippen LogP contribution in [0.15, 0.2) is 35.1 Å². The molecule has 3 aliphatic heterocycles. The highest BCUT2D eigenvalue weighted by Crippen LogP contribution is 2.43. The largest absolute Gasteiger partial charge is 0.484 e. The fraction of sp³-hybridized carbons (Fsp3) is 0.577. The van der Waals surface area contributed by atoms with Gasteiger partial charge in [0.05, 0.1) is 18.8 Å². The van der Waals surface area contributed by atoms with E-state index in [0.29, 0.717) is 31.1 Å². The van der Waals surface area contributed by atoms with E-state index in [1.54, 1.807) is 38.4 Å². The monoisotopic (exact) mass is 535 g/mol. The smallest absolute Gasteiger partial charge is 0.413 e. The van der Waals surface area contributed by atoms with Gasteiger partial charge in [-0.25, -0.2) is 0 Å². The van der Waals surface area contributed by atoms with Crippen LogP contribution in [0.1, 0.15) is 25.3 Å². The number of likely N-dealkylation sites (N-methyl/N-ethyl adjacent to an activating group) is 1. The molecule has 0 aliphatic carbocycles. The lowest BCUT2D eigenvalue weighted by Crippen LogP contribution is -2.56. The Morgan fingerprint density at radius 3 is 2.45 bits per heavy atom. The molecule has 1 aromatic heterocycles. The molecule has 2 aromatic rings. The zero-order valence-corrected chi connectivity index (χ0v) is 21.7. The fourth-order valence-electron chi connectivity index (χ4n) is 5.27. The van der Waals surface area contributed by atoms with E-state index in [0.717, 1.165) is 29.9 Å². The standard InChI is InChI=1S/C26H32F3N5O4/c1-25(26(27,28)29)16-33-22(35)12-21(32-13-19-8-9-20(14-32)38-19)30-24(33)34(25)11-10-17-4-6-18(7-5-17)37-15-23(36)31(2)3/h4-7,12,19-20H,8-11,13-16H2,1-3H3/t19?,20?,25-/m0/s1. The first-order valence-corrected chi connectivity index (χ1v) is 12.7. The summed E-state index contributed by atoms with van der Waals surface area (Å²) < 4.78 is 55.6. The van der Waals surface area contributed by atoms with Crippen molar-refractivity contribution in [3.8, 4) is 5.75 Å². The zero-order chi connectivity index (χ0) is 27.2. The number of anilines is 2. The predicted octanol–water partition coefficient (Wildman–Crippen LogP) is 2.46. The quantitative estimate of drug-likeness (QED) is 0.539. The van der Waals surface area contributed by atoms with E-state index in [9.17, 15) is 22.8 Å². The molecule has 4 heterocycles. The first-order valence-electron chi connectivity index (χ1n) is 12.7. The molecule has 2 saturated heterocycles. The topological polar surface area (TPSA) is 80.1 Å². The molecule has 2 bridgehead atoms. The molecular weight excluding hydrogens is 503 g/mol. The van der Waals surface area contributed by atoms with Gasteiger partial charge < -0.3 is 24.2 Å². The molecule has 2 unspecified atom stereocenters. The number of rotatable bonds is 7. The molecule has 5 rings (SSSR count). The number of aromatic nitrogens is 2. The number of alkyl halides is 3. The van der Waals surface area contributed by atoms with Crippen LogP contribution in [-0.2, 0) is 22.5 Å². The predicted molar refractivity (Wildman–Crippen MR) is 135 cm³/mol. The van der Waals surface area contributed by atoms with Crippen LogP contribution >= 0.6 is 0 Å². The van der Waals surface area contributed by atoms with Gasteiger partial charge >= 0.3 is 6.18 Å². The average Bonchev–Trinajstić information content (AvgIpc) is 3.37. The second-order valence-corrected chi connectivity index (χ2v) is 10.6. The summed E-state index contributed by atoms with van der Waals surface area (Å²) in [6.07, 6.45) is -2.32. The lowest BCUT2D eigenvalue weighted by Gasteiger charge is -2.37. The summed E-state index contributed by atoms with van der Waals surface area (Å²) in [4.78, 5) is 33.9. The number of carbonyl (C=O) groups excluding carboxylic acids is 1. The average molecular weight is 536 g/mol. The number of hydrogen-bond acceptors (Lipinski definition) is 7. The minimum Gasteiger partial charge on any atom is -0.484 e. The Labute approximate surface area is 218 Å². The number of ether oxygens (including phenoxy) is 2. The van der Waals surface area contributed by atoms with Gasteiger partial charge in [-0.05, 0) is 43.9 Å². The maximum atomic E-state index is 14.4. The van der Waals surface area contributed by atoms with Crippen molar-refractivity contribution in [3.05, 3.63) is 46.2 Å². The van der Waals surface area contributed by atoms with E-state index in [1.165, 1.54) is 15.9 Å². The third-order valence-corrected chi connectivity index (χ3v) is 7.66. The Hall–Kier alpha value is -3.28. The minimum atomic E-state index is -4.58. The number of nitrogens with zero attached hydrogens (tertiary/aromatic N) is 5. The third-order valence-electron chi connectivity index (χ3n) is 7.66. The summed E-state index contributed by atoms with van der Waals surface area (Å²) in [5.74, 6) is 0.743. The van der Waals surface area contributed by atoms with Crippen molar-refractivity contribution in [1.29, 1.82) is 0 Å². The summed E-state index contributed by atoms with van der Waals surface area (Å²) in [6.45, 7) is 1.65. The van der Waals surface area contributed by atoms with Crippen molar-refractivity contribution in [2.24, 2.45) is 0 Å². The minimum absolute atomic E-state index is 0.0135. The highest BCUT2D eigenvalue weighted by atomic mass is 19.4. The van der Waals surface area contributed by atoms with Crippen LogP contribution in [-0.4, -0.2) is 84.6 Å². The zero-order valence-electron chi connectivity index (χ0n) is 21.7. The van der Waals surface area contributed by atoms with Gasteiger partial charge in [0.25, 0.3) is 11.5 Å². The van der Waals surface area contributed by atoms with Gasteiger partial charge in [0.1, 0.15) is 11.6 Å². The Morgan fingerprint density at radius 2 is 1.84 bits per heavy atom. The maximum Gasteiger partial charge on any atom is 0.413 e. The molecule has 0 spiro atoms. The SMILES string of the molecule is CN(C)C(=O)COc1ccc(CCN2c3nc(N4CC5CCC(C4)O5)cc(=O)n3C[C@@]2(C)C(F)(F)F)cc1. The van der Waals surface area contributed by atoms with Crippen molar-refractivity contribution in [1.82, 2.24) is 14.5 Å². The van der Waals surface area contributed by atoms with Crippen LogP contribution in [0.4, 0.5) is 24.9 Å². The molecule has 1 amide bonds. The number of fused-ring (bicyclic) bond motifs is 3. The summed E-state index contributed by atoms with van der Waals surface area (Å²) >= 11 is 0. The molecule has 1 aromatic carbocycles. The molecule has 206 valence electrons. The number of benzene rings is 1. The normalized spacial score (nSPS) is 24.5. The molecule has 3 aliphatic rings. The molecule has 0 saturated carbocycles. The van der Waals surface area contributed by atoms with Gasteiger partial charge in [0, 0.05) is 39.8 Å². The Kier molecular flexibility index (Phi) is 6.79. The van der Waals surface area contributed by atoms with E-state index in [1.807, 2.05) is 4.90 Å². The molecular formula is C26H32F3N5O4. The van der Waals surface area contributed by atoms with Crippen LogP contribution in [0, 0.1) is 0 Å². The van der Waals surface area contributed by atoms with E-state index in [-0.39, 0.29) is 37.2 Å². The fourth-order valence-corrected chi connectivity index (χ4v) is 5.27. The number of amides is 1. The van der Waals surface area contributed by atoms with Crippen molar-refractivity contribution in [2.45, 2.75) is 56.7 Å². The first-order chi connectivity index (χ1) is 17.9. The Morgan fingerprint density at radius 1 is 1.18 bits per heavy atom. The third kappa shape index (κ3) is 4.93. The van der Waals surface area contributed by atoms with Crippen molar-refractivity contribution >= 4 is 17.7 Å². The van der Waals surface area contributed by atoms with Gasteiger partial charge in [0.2, 0.25) is 5.95 Å². The van der Waals surface area contributed by atoms with Crippen molar-refractivity contribution in [2.75, 3.05) is 50.1 Å². The van der Waals surface area contributed by atoms with E-state index >= 15 is 0 Å². The number of halogens is 3. The molecule has 0 radical (unpaired) electrons. The Bertz CT molecular complexity index is 1240. The van der Waals surface area contributed by atoms with Gasteiger partial charge in [-0.15, -0.1) is 0 Å². The summed E-state index contributed by atoms with van der Waals surface area (Å²) in [5.41, 5.74) is -1.97. The number of carbonyl (C=O) groups is 1. The number of hydrogen-bond donors (Lipinski definition) is 0. The van der Waals surface area contributed by atoms with Crippen LogP contribution < -0.4 is 20.1 Å². The Balaban J connectivity index is 1.36. The maximum absolute atomic E-state index is 14.4. The molecule has 12 heteroatoms. The van der Waals surface area contributed by atoms with Crippen molar-refractivity contribution < 1.29 is 27.4 Å². The highest BCUT2D eigenvalue weighted by Gasteiger charge is 2.59. The van der Waals surface area contributed by atoms with Crippen LogP contribution in [0.25, 0.3) is 0 Å². The lowest BCUT2D eigenvalue weighted by molar-refractivity contribution is -0.182. The second-order valence-electron chi connectivity index (χ2n) is 10.6. The van der Waals surface area contributed by atoms with Gasteiger partial charge in [-0.2, -0.15) is 18.2 Å². The van der Waals surface area contributed by atoms with E-state index < -0.39 is 23.8 Å². The highest BCUT2D eigenvalue weighted by molar-refractivity contribution is 5.77. The van der Waals surface area contributed by atoms with Crippen molar-refractivity contribution in [3.63, 3.8) is 0 Å². The summed E-state index contributed by atoms with van der Waals surface area (Å²) in [5, 5.41) is 0. The van der Waals surface area contributed by atoms with Gasteiger partial charge in [0.15, 0.2) is 12.1 Å². The summed E-state index contributed by atoms with van der Waals surface area (Å²) in [6, 6.07) is 8.24. The van der Waals surface area contributed by atoms with E-state index in [4.69, 9.17) is 9.47 Å². The summed E-state index contributed by atoms with van der Waals surface area (Å²) in [7, 11) is 3.27. The van der Waals surface area contributed by atoms with Crippen LogP contribution in [0.5, 0.6) is 5.75 Å². The molecule has 0 N–H and O–H groups in total. The van der Waals surface area contributed by atoms with Gasteiger partial charge in [-0.1, -0.05) is 12.1 Å². The van der Waals surface area contributed by atoms with Crippen LogP contribution in [0.2, 0.25) is 0 Å². The molecule has 38 heavy (non-hydrogen) atoms.